The van der Waals surface area contributed by atoms with Crippen LogP contribution in [0.25, 0.3) is 12.2 Å². The average Bonchev–Trinajstić information content (AvgIpc) is 3.09. The molecule has 1 fully saturated rings. The second kappa shape index (κ2) is 5.05. The summed E-state index contributed by atoms with van der Waals surface area (Å²) in [4.78, 5) is 2.08. The maximum Gasteiger partial charge on any atom is 0.318 e. The molecular formula is C12H14N4O2. The lowest BCUT2D eigenvalue weighted by molar-refractivity contribution is 0.492. The van der Waals surface area contributed by atoms with Crippen molar-refractivity contribution in [1.29, 1.82) is 0 Å². The third-order valence-electron chi connectivity index (χ3n) is 2.75. The number of nitrogens with zero attached hydrogens (tertiary/aromatic N) is 3. The van der Waals surface area contributed by atoms with Gasteiger partial charge in [0.1, 0.15) is 5.76 Å². The molecule has 0 atom stereocenters. The van der Waals surface area contributed by atoms with Gasteiger partial charge in [-0.3, -0.25) is 0 Å². The summed E-state index contributed by atoms with van der Waals surface area (Å²) in [6.45, 7) is 3.67. The predicted molar refractivity (Wildman–Crippen MR) is 67.0 cm³/mol. The van der Waals surface area contributed by atoms with E-state index in [1.807, 2.05) is 12.1 Å². The Balaban J connectivity index is 1.69. The number of furan rings is 1. The van der Waals surface area contributed by atoms with Crippen molar-refractivity contribution in [1.82, 2.24) is 15.5 Å². The highest BCUT2D eigenvalue weighted by Crippen LogP contribution is 2.14. The molecule has 6 nitrogen and oxygen atoms in total. The molecular weight excluding hydrogens is 232 g/mol. The second-order valence-electron chi connectivity index (χ2n) is 4.01. The van der Waals surface area contributed by atoms with Crippen LogP contribution in [0.4, 0.5) is 6.01 Å². The minimum Gasteiger partial charge on any atom is -0.465 e. The largest absolute Gasteiger partial charge is 0.465 e. The van der Waals surface area contributed by atoms with Gasteiger partial charge in [-0.15, -0.1) is 5.10 Å². The van der Waals surface area contributed by atoms with Crippen molar-refractivity contribution in [3.8, 4) is 0 Å². The van der Waals surface area contributed by atoms with E-state index in [1.165, 1.54) is 0 Å². The van der Waals surface area contributed by atoms with Crippen LogP contribution in [0.1, 0.15) is 11.7 Å². The highest BCUT2D eigenvalue weighted by atomic mass is 16.4. The zero-order chi connectivity index (χ0) is 12.2. The lowest BCUT2D eigenvalue weighted by Crippen LogP contribution is -2.43. The summed E-state index contributed by atoms with van der Waals surface area (Å²) in [5.41, 5.74) is 0. The molecule has 0 bridgehead atoms. The summed E-state index contributed by atoms with van der Waals surface area (Å²) in [5.74, 6) is 1.25. The molecule has 0 radical (unpaired) electrons. The highest BCUT2D eigenvalue weighted by Gasteiger charge is 2.15. The standard InChI is InChI=1S/C12H14N4O2/c1-2-10(17-9-1)3-4-11-14-15-12(18-11)16-7-5-13-6-8-16/h1-4,9,13H,5-8H2/b4-3+. The Bertz CT molecular complexity index is 512. The first-order valence-electron chi connectivity index (χ1n) is 5.92. The van der Waals surface area contributed by atoms with Crippen molar-refractivity contribution in [2.45, 2.75) is 0 Å². The fourth-order valence-corrected chi connectivity index (χ4v) is 1.82. The summed E-state index contributed by atoms with van der Waals surface area (Å²) in [6.07, 6.45) is 5.17. The van der Waals surface area contributed by atoms with Crippen LogP contribution < -0.4 is 10.2 Å². The monoisotopic (exact) mass is 246 g/mol. The first-order valence-corrected chi connectivity index (χ1v) is 5.92. The Kier molecular flexibility index (Phi) is 3.10. The van der Waals surface area contributed by atoms with Crippen molar-refractivity contribution in [3.63, 3.8) is 0 Å². The highest BCUT2D eigenvalue weighted by molar-refractivity contribution is 5.63. The van der Waals surface area contributed by atoms with Crippen LogP contribution in [0.2, 0.25) is 0 Å². The number of hydrogen-bond donors (Lipinski definition) is 1. The van der Waals surface area contributed by atoms with Crippen molar-refractivity contribution in [3.05, 3.63) is 30.0 Å². The normalized spacial score (nSPS) is 16.6. The lowest BCUT2D eigenvalue weighted by Gasteiger charge is -2.24. The van der Waals surface area contributed by atoms with E-state index in [0.717, 1.165) is 31.9 Å². The Labute approximate surface area is 104 Å². The molecule has 2 aromatic heterocycles. The van der Waals surface area contributed by atoms with E-state index < -0.39 is 0 Å². The van der Waals surface area contributed by atoms with Crippen LogP contribution in [-0.2, 0) is 0 Å². The molecule has 1 N–H and O–H groups in total. The van der Waals surface area contributed by atoms with Gasteiger partial charge < -0.3 is 19.1 Å². The summed E-state index contributed by atoms with van der Waals surface area (Å²) in [6, 6.07) is 4.28. The smallest absolute Gasteiger partial charge is 0.318 e. The van der Waals surface area contributed by atoms with Crippen LogP contribution in [0.15, 0.2) is 27.2 Å². The summed E-state index contributed by atoms with van der Waals surface area (Å²) in [5, 5.41) is 11.3. The molecule has 1 saturated heterocycles. The lowest BCUT2D eigenvalue weighted by atomic mass is 10.4. The van der Waals surface area contributed by atoms with Gasteiger partial charge in [-0.25, -0.2) is 0 Å². The van der Waals surface area contributed by atoms with Gasteiger partial charge >= 0.3 is 6.01 Å². The van der Waals surface area contributed by atoms with Crippen LogP contribution in [-0.4, -0.2) is 36.4 Å². The third kappa shape index (κ3) is 2.43. The van der Waals surface area contributed by atoms with Gasteiger partial charge in [0.15, 0.2) is 0 Å². The molecule has 2 aromatic rings. The molecule has 18 heavy (non-hydrogen) atoms. The molecule has 0 unspecified atom stereocenters. The van der Waals surface area contributed by atoms with Gasteiger partial charge in [0.05, 0.1) is 6.26 Å². The Morgan fingerprint density at radius 2 is 2.11 bits per heavy atom. The Hall–Kier alpha value is -2.08. The van der Waals surface area contributed by atoms with E-state index in [9.17, 15) is 0 Å². The van der Waals surface area contributed by atoms with E-state index >= 15 is 0 Å². The number of nitrogens with one attached hydrogen (secondary N) is 1. The predicted octanol–water partition coefficient (Wildman–Crippen LogP) is 1.24. The van der Waals surface area contributed by atoms with Crippen LogP contribution in [0.5, 0.6) is 0 Å². The number of hydrogen-bond acceptors (Lipinski definition) is 6. The molecule has 0 amide bonds. The molecule has 6 heteroatoms. The second-order valence-corrected chi connectivity index (χ2v) is 4.01. The van der Waals surface area contributed by atoms with Crippen LogP contribution >= 0.6 is 0 Å². The van der Waals surface area contributed by atoms with Gasteiger partial charge in [0.25, 0.3) is 0 Å². The zero-order valence-electron chi connectivity index (χ0n) is 9.87. The van der Waals surface area contributed by atoms with Crippen molar-refractivity contribution in [2.24, 2.45) is 0 Å². The van der Waals surface area contributed by atoms with E-state index in [2.05, 4.69) is 20.4 Å². The maximum absolute atomic E-state index is 5.57. The number of piperazine rings is 1. The molecule has 3 heterocycles. The van der Waals surface area contributed by atoms with Crippen LogP contribution in [0, 0.1) is 0 Å². The number of aromatic nitrogens is 2. The van der Waals surface area contributed by atoms with Gasteiger partial charge in [0.2, 0.25) is 5.89 Å². The Morgan fingerprint density at radius 3 is 2.89 bits per heavy atom. The van der Waals surface area contributed by atoms with Crippen molar-refractivity contribution < 1.29 is 8.83 Å². The average molecular weight is 246 g/mol. The summed E-state index contributed by atoms with van der Waals surface area (Å²) in [7, 11) is 0. The summed E-state index contributed by atoms with van der Waals surface area (Å²) >= 11 is 0. The van der Waals surface area contributed by atoms with Crippen molar-refractivity contribution in [2.75, 3.05) is 31.1 Å². The molecule has 0 aliphatic carbocycles. The van der Waals surface area contributed by atoms with Crippen LogP contribution in [0.3, 0.4) is 0 Å². The SMILES string of the molecule is C(=C\c1nnc(N2CCNCC2)o1)/c1ccco1. The zero-order valence-corrected chi connectivity index (χ0v) is 9.87. The number of anilines is 1. The molecule has 94 valence electrons. The first kappa shape index (κ1) is 11.0. The molecule has 1 aliphatic rings. The fraction of sp³-hybridized carbons (Fsp3) is 0.333. The van der Waals surface area contributed by atoms with Gasteiger partial charge in [-0.1, -0.05) is 5.10 Å². The van der Waals surface area contributed by atoms with Gasteiger partial charge in [-0.2, -0.15) is 0 Å². The number of rotatable bonds is 3. The minimum absolute atomic E-state index is 0.486. The Morgan fingerprint density at radius 1 is 1.22 bits per heavy atom. The molecule has 1 aliphatic heterocycles. The minimum atomic E-state index is 0.486. The third-order valence-corrected chi connectivity index (χ3v) is 2.75. The van der Waals surface area contributed by atoms with E-state index in [1.54, 1.807) is 18.4 Å². The topological polar surface area (TPSA) is 67.3 Å². The molecule has 0 spiro atoms. The van der Waals surface area contributed by atoms with E-state index in [-0.39, 0.29) is 0 Å². The fourth-order valence-electron chi connectivity index (χ4n) is 1.82. The molecule has 3 rings (SSSR count). The van der Waals surface area contributed by atoms with Gasteiger partial charge in [-0.05, 0) is 18.2 Å². The molecule has 0 aromatic carbocycles. The van der Waals surface area contributed by atoms with Gasteiger partial charge in [0, 0.05) is 32.3 Å². The van der Waals surface area contributed by atoms with E-state index in [0.29, 0.717) is 11.9 Å². The van der Waals surface area contributed by atoms with Crippen molar-refractivity contribution >= 4 is 18.2 Å². The van der Waals surface area contributed by atoms with E-state index in [4.69, 9.17) is 8.83 Å². The summed E-state index contributed by atoms with van der Waals surface area (Å²) < 4.78 is 10.8. The maximum atomic E-state index is 5.57. The first-order chi connectivity index (χ1) is 8.92. The quantitative estimate of drug-likeness (QED) is 0.879. The molecule has 0 saturated carbocycles.